The minimum atomic E-state index is 0. The topological polar surface area (TPSA) is 25.3 Å². The molecule has 1 aliphatic heterocycles. The minimum Gasteiger partial charge on any atom is -0.493 e. The molecule has 0 fully saturated rings. The van der Waals surface area contributed by atoms with Gasteiger partial charge in [0.2, 0.25) is 11.4 Å². The van der Waals surface area contributed by atoms with Crippen LogP contribution in [0.2, 0.25) is 0 Å². The Bertz CT molecular complexity index is 2050. The molecule has 1 aliphatic rings. The molecule has 0 amide bonds. The predicted octanol–water partition coefficient (Wildman–Crippen LogP) is 36.5. The maximum absolute atomic E-state index is 12.2. The van der Waals surface area contributed by atoms with Crippen LogP contribution in [0.25, 0.3) is 16.9 Å². The molecule has 0 aromatic heterocycles. The van der Waals surface area contributed by atoms with Crippen molar-refractivity contribution < 1.29 is 21.2 Å². The fourth-order valence-electron chi connectivity index (χ4n) is 15.9. The molecule has 0 aliphatic carbocycles. The number of unbranched alkanes of at least 4 members (excludes halogenated alkanes) is 64. The summed E-state index contributed by atoms with van der Waals surface area (Å²) in [6.45, 7) is 23.9. The van der Waals surface area contributed by atoms with E-state index in [0.29, 0.717) is 0 Å². The molecule has 0 radical (unpaired) electrons. The second kappa shape index (κ2) is 82.0. The molecule has 104 heavy (non-hydrogen) atoms. The molecule has 0 unspecified atom stereocenters. The van der Waals surface area contributed by atoms with Gasteiger partial charge in [-0.05, 0) is 111 Å². The molecule has 3 heteroatoms. The second-order valence-corrected chi connectivity index (χ2v) is 33.2. The van der Waals surface area contributed by atoms with Crippen LogP contribution >= 0.6 is 0 Å². The van der Waals surface area contributed by atoms with Crippen molar-refractivity contribution in [1.82, 2.24) is 0 Å². The fraction of sp³-hybridized carbons (Fsp3) is 0.822. The largest absolute Gasteiger partial charge is 2.00 e. The Morgan fingerprint density at radius 2 is 0.394 bits per heavy atom. The Hall–Kier alpha value is -1.99. The Balaban J connectivity index is 0.00000165. The van der Waals surface area contributed by atoms with E-state index >= 15 is 0 Å². The Morgan fingerprint density at radius 1 is 0.221 bits per heavy atom. The van der Waals surface area contributed by atoms with Crippen molar-refractivity contribution >= 4 is 11.4 Å². The van der Waals surface area contributed by atoms with Crippen LogP contribution in [0.3, 0.4) is 0 Å². The van der Waals surface area contributed by atoms with Crippen molar-refractivity contribution in [3.63, 3.8) is 0 Å². The zero-order valence-electron chi connectivity index (χ0n) is 71.9. The summed E-state index contributed by atoms with van der Waals surface area (Å²) in [7, 11) is 0. The van der Waals surface area contributed by atoms with Crippen LogP contribution in [0.15, 0.2) is 48.0 Å². The number of hydrogen-bond donors (Lipinski definition) is 0. The molecule has 2 aromatic rings. The zero-order valence-corrected chi connectivity index (χ0v) is 72.9. The second-order valence-electron chi connectivity index (χ2n) is 33.2. The van der Waals surface area contributed by atoms with Crippen molar-refractivity contribution in [2.24, 2.45) is 0 Å². The van der Waals surface area contributed by atoms with Gasteiger partial charge in [0.1, 0.15) is 0 Å². The van der Waals surface area contributed by atoms with Crippen molar-refractivity contribution in [1.29, 1.82) is 0 Å². The molecule has 0 saturated heterocycles. The van der Waals surface area contributed by atoms with Crippen LogP contribution in [-0.4, -0.2) is 4.70 Å². The minimum absolute atomic E-state index is 0. The van der Waals surface area contributed by atoms with Crippen LogP contribution in [0.4, 0.5) is 0 Å². The first-order chi connectivity index (χ1) is 50.9. The Kier molecular flexibility index (Phi) is 80.4. The molecule has 0 saturated carbocycles. The third-order valence-corrected chi connectivity index (χ3v) is 22.8. The van der Waals surface area contributed by atoms with Gasteiger partial charge >= 0.3 is 16.5 Å². The molecule has 0 atom stereocenters. The van der Waals surface area contributed by atoms with E-state index < -0.39 is 0 Å². The third kappa shape index (κ3) is 62.7. The third-order valence-electron chi connectivity index (χ3n) is 22.8. The van der Waals surface area contributed by atoms with Gasteiger partial charge in [0.05, 0.1) is 0 Å². The number of rotatable bonds is 76. The first-order valence-electron chi connectivity index (χ1n) is 47.7. The average Bonchev–Trinajstić information content (AvgIpc) is 1.62. The van der Waals surface area contributed by atoms with Gasteiger partial charge in [-0.3, -0.25) is 0 Å². The van der Waals surface area contributed by atoms with Gasteiger partial charge in [-0.15, -0.1) is 0 Å². The van der Waals surface area contributed by atoms with Gasteiger partial charge in [-0.25, -0.2) is 4.70 Å². The number of aryl methyl sites for hydroxylation is 4. The monoisotopic (exact) mass is 1480 g/mol. The van der Waals surface area contributed by atoms with Gasteiger partial charge < -0.3 is 19.4 Å². The molecule has 0 bridgehead atoms. The van der Waals surface area contributed by atoms with Gasteiger partial charge in [0.25, 0.3) is 0 Å². The Morgan fingerprint density at radius 3 is 0.615 bits per heavy atom. The van der Waals surface area contributed by atoms with E-state index in [2.05, 4.69) is 105 Å². The SMILES string of the molecule is CCCCCCCCc1cc(CCCCC)cc(C2=CC(CCCCC)=C(c3cc(CCCCC)cc(CCCCCCCC)c3)[N+]2=[N-])c1.[CH2-]CCCCCCCCCCCCCCCCCCCCCCCCCC.[CH2-]CCCCCCCCCCCCCCCCCCCCCCCCCC.[Ni+2]. The van der Waals surface area contributed by atoms with E-state index in [9.17, 15) is 5.53 Å². The summed E-state index contributed by atoms with van der Waals surface area (Å²) in [5.41, 5.74) is 23.6. The van der Waals surface area contributed by atoms with E-state index in [4.69, 9.17) is 0 Å². The van der Waals surface area contributed by atoms with E-state index in [1.165, 1.54) is 476 Å². The van der Waals surface area contributed by atoms with Crippen LogP contribution < -0.4 is 0 Å². The van der Waals surface area contributed by atoms with E-state index in [1.807, 2.05) is 0 Å². The van der Waals surface area contributed by atoms with Crippen LogP contribution in [0, 0.1) is 13.8 Å². The van der Waals surface area contributed by atoms with E-state index in [1.54, 1.807) is 4.70 Å². The number of benzene rings is 2. The summed E-state index contributed by atoms with van der Waals surface area (Å²) < 4.78 is 1.58. The smallest absolute Gasteiger partial charge is 0.493 e. The molecule has 2 nitrogen and oxygen atoms in total. The first-order valence-corrected chi connectivity index (χ1v) is 47.7. The van der Waals surface area contributed by atoms with Crippen molar-refractivity contribution in [3.8, 4) is 0 Å². The summed E-state index contributed by atoms with van der Waals surface area (Å²) in [5.74, 6) is 0. The molecule has 1 heterocycles. The fourth-order valence-corrected chi connectivity index (χ4v) is 15.9. The molecule has 3 rings (SSSR count). The molecule has 2 aromatic carbocycles. The summed E-state index contributed by atoms with van der Waals surface area (Å²) in [6, 6.07) is 14.5. The number of hydrogen-bond acceptors (Lipinski definition) is 0. The van der Waals surface area contributed by atoms with Gasteiger partial charge in [0.15, 0.2) is 0 Å². The molecule has 0 N–H and O–H groups in total. The van der Waals surface area contributed by atoms with E-state index in [-0.39, 0.29) is 16.5 Å². The standard InChI is InChI=1S/C47H74N2.2C27H55.Ni/c1-6-11-16-18-20-25-29-40-32-39(27-22-13-8-3)34-44(35-40)46-38-43(31-24-15-10-5)47(49(46)48)45-36-41(28-23-14-9-4)33-42(37-45)30-26-21-19-17-12-7-2;2*1-3-5-7-9-11-13-15-17-19-21-23-25-27-26-24-22-20-18-16-14-12-10-8-6-4-2;/h32-38H,6-31H2,1-5H3;2*1,3-27H2,2H3;/q;2*-1;+2. The molecule has 608 valence electrons. The quantitative estimate of drug-likeness (QED) is 0.0273. The van der Waals surface area contributed by atoms with Gasteiger partial charge in [-0.1, -0.05) is 472 Å². The molecule has 0 spiro atoms. The zero-order chi connectivity index (χ0) is 74.5. The number of nitrogens with zero attached hydrogens (tertiary/aromatic N) is 2. The Labute approximate surface area is 665 Å². The average molecular weight is 1490 g/mol. The normalized spacial score (nSPS) is 12.1. The van der Waals surface area contributed by atoms with Crippen LogP contribution in [0.5, 0.6) is 0 Å². The van der Waals surface area contributed by atoms with E-state index in [0.717, 1.165) is 62.8 Å². The number of allylic oxidation sites excluding steroid dienone is 2. The maximum atomic E-state index is 12.2. The van der Waals surface area contributed by atoms with Crippen molar-refractivity contribution in [3.05, 3.63) is 101 Å². The van der Waals surface area contributed by atoms with Gasteiger partial charge in [-0.2, -0.15) is 12.8 Å². The molecular weight excluding hydrogens is 1300 g/mol. The maximum Gasteiger partial charge on any atom is 2.00 e. The van der Waals surface area contributed by atoms with Gasteiger partial charge in [0, 0.05) is 22.8 Å². The van der Waals surface area contributed by atoms with Crippen molar-refractivity contribution in [2.45, 2.75) is 536 Å². The van der Waals surface area contributed by atoms with Crippen LogP contribution in [-0.2, 0) is 42.2 Å². The summed E-state index contributed by atoms with van der Waals surface area (Å²) in [4.78, 5) is 0. The summed E-state index contributed by atoms with van der Waals surface area (Å²) in [5, 5.41) is 0. The summed E-state index contributed by atoms with van der Waals surface area (Å²) in [6.07, 6.45) is 107. The summed E-state index contributed by atoms with van der Waals surface area (Å²) >= 11 is 0. The predicted molar refractivity (Wildman–Crippen MR) is 469 cm³/mol. The molecular formula is C101H184N2Ni. The van der Waals surface area contributed by atoms with Crippen molar-refractivity contribution in [2.75, 3.05) is 0 Å². The first kappa shape index (κ1) is 102. The van der Waals surface area contributed by atoms with Crippen LogP contribution in [0.1, 0.15) is 544 Å².